The summed E-state index contributed by atoms with van der Waals surface area (Å²) < 4.78 is 34.2. The maximum absolute atomic E-state index is 13.3. The van der Waals surface area contributed by atoms with Crippen molar-refractivity contribution < 1.29 is 89.4 Å². The second kappa shape index (κ2) is 39.0. The van der Waals surface area contributed by atoms with E-state index in [0.29, 0.717) is 6.42 Å². The highest BCUT2D eigenvalue weighted by Crippen LogP contribution is 2.33. The summed E-state index contributed by atoms with van der Waals surface area (Å²) in [4.78, 5) is 13.3. The van der Waals surface area contributed by atoms with Crippen molar-refractivity contribution in [1.29, 1.82) is 0 Å². The molecule has 1 amide bonds. The van der Waals surface area contributed by atoms with Crippen LogP contribution in [0.15, 0.2) is 12.2 Å². The maximum atomic E-state index is 13.3. The van der Waals surface area contributed by atoms with Crippen LogP contribution in [0.25, 0.3) is 0 Å². The lowest BCUT2D eigenvalue weighted by Gasteiger charge is -2.48. The molecular formula is C54H101NO18. The predicted molar refractivity (Wildman–Crippen MR) is 273 cm³/mol. The lowest BCUT2D eigenvalue weighted by Crippen LogP contribution is -2.66. The van der Waals surface area contributed by atoms with E-state index in [1.807, 2.05) is 6.08 Å². The van der Waals surface area contributed by atoms with Crippen LogP contribution in [0.2, 0.25) is 0 Å². The van der Waals surface area contributed by atoms with E-state index < -0.39 is 124 Å². The van der Waals surface area contributed by atoms with Crippen LogP contribution in [0.4, 0.5) is 0 Å². The van der Waals surface area contributed by atoms with Crippen LogP contribution < -0.4 is 5.32 Å². The number of amides is 1. The van der Waals surface area contributed by atoms with Crippen LogP contribution in [0.1, 0.15) is 194 Å². The summed E-state index contributed by atoms with van der Waals surface area (Å²) in [6.45, 7) is 1.71. The quantitative estimate of drug-likeness (QED) is 0.0306. The molecule has 3 rings (SSSR count). The molecule has 0 spiro atoms. The molecule has 0 bridgehead atoms. The third-order valence-electron chi connectivity index (χ3n) is 14.6. The van der Waals surface area contributed by atoms with E-state index in [1.54, 1.807) is 6.08 Å². The van der Waals surface area contributed by atoms with E-state index in [9.17, 15) is 61.0 Å². The van der Waals surface area contributed by atoms with E-state index in [-0.39, 0.29) is 18.9 Å². The third-order valence-corrected chi connectivity index (χ3v) is 14.6. The lowest BCUT2D eigenvalue weighted by molar-refractivity contribution is -0.379. The van der Waals surface area contributed by atoms with Crippen LogP contribution >= 0.6 is 0 Å². The first-order chi connectivity index (χ1) is 35.3. The number of aliphatic hydroxyl groups is 11. The largest absolute Gasteiger partial charge is 0.394 e. The fourth-order valence-electron chi connectivity index (χ4n) is 9.84. The molecule has 0 aromatic heterocycles. The summed E-state index contributed by atoms with van der Waals surface area (Å²) in [5.74, 6) is -0.275. The van der Waals surface area contributed by atoms with Gasteiger partial charge < -0.3 is 89.9 Å². The van der Waals surface area contributed by atoms with Crippen LogP contribution in [-0.4, -0.2) is 193 Å². The van der Waals surface area contributed by atoms with Gasteiger partial charge in [0.25, 0.3) is 0 Å². The number of rotatable bonds is 41. The van der Waals surface area contributed by atoms with Crippen molar-refractivity contribution in [1.82, 2.24) is 5.32 Å². The van der Waals surface area contributed by atoms with Crippen LogP contribution in [0.5, 0.6) is 0 Å². The Morgan fingerprint density at radius 3 is 1.29 bits per heavy atom. The summed E-state index contributed by atoms with van der Waals surface area (Å²) in [5.41, 5.74) is 0. The summed E-state index contributed by atoms with van der Waals surface area (Å²) in [6, 6.07) is -0.965. The topological polar surface area (TPSA) is 307 Å². The highest BCUT2D eigenvalue weighted by molar-refractivity contribution is 5.76. The molecule has 73 heavy (non-hydrogen) atoms. The Morgan fingerprint density at radius 1 is 0.479 bits per heavy atom. The summed E-state index contributed by atoms with van der Waals surface area (Å²) in [6.07, 6.45) is 9.11. The van der Waals surface area contributed by atoms with Gasteiger partial charge >= 0.3 is 0 Å². The molecule has 3 saturated heterocycles. The molecule has 3 aliphatic rings. The van der Waals surface area contributed by atoms with Gasteiger partial charge in [0.15, 0.2) is 18.9 Å². The van der Waals surface area contributed by atoms with Crippen molar-refractivity contribution in [3.05, 3.63) is 12.2 Å². The second-order valence-corrected chi connectivity index (χ2v) is 20.8. The Labute approximate surface area is 436 Å². The highest BCUT2D eigenvalue weighted by atomic mass is 16.8. The summed E-state index contributed by atoms with van der Waals surface area (Å²) in [7, 11) is 0. The van der Waals surface area contributed by atoms with Crippen molar-refractivity contribution in [3.63, 3.8) is 0 Å². The van der Waals surface area contributed by atoms with Crippen molar-refractivity contribution in [3.8, 4) is 0 Å². The van der Waals surface area contributed by atoms with Crippen LogP contribution in [0, 0.1) is 0 Å². The van der Waals surface area contributed by atoms with Crippen LogP contribution in [0.3, 0.4) is 0 Å². The number of ether oxygens (including phenoxy) is 6. The first-order valence-electron chi connectivity index (χ1n) is 28.4. The summed E-state index contributed by atoms with van der Waals surface area (Å²) >= 11 is 0. The molecule has 19 heteroatoms. The van der Waals surface area contributed by atoms with Crippen molar-refractivity contribution in [2.75, 3.05) is 26.4 Å². The third kappa shape index (κ3) is 24.0. The minimum Gasteiger partial charge on any atom is -0.394 e. The minimum atomic E-state index is -1.97. The Morgan fingerprint density at radius 2 is 0.849 bits per heavy atom. The number of nitrogens with one attached hydrogen (secondary N) is 1. The first kappa shape index (κ1) is 65.8. The zero-order chi connectivity index (χ0) is 53.4. The molecule has 0 radical (unpaired) electrons. The molecule has 3 heterocycles. The fraction of sp³-hybridized carbons (Fsp3) is 0.944. The van der Waals surface area contributed by atoms with Crippen LogP contribution in [-0.2, 0) is 33.2 Å². The molecule has 0 aromatic carbocycles. The van der Waals surface area contributed by atoms with Crippen molar-refractivity contribution >= 4 is 5.91 Å². The molecule has 3 aliphatic heterocycles. The standard InChI is InChI=1S/C54H101NO18/c1-3-5-7-9-11-13-15-17-18-20-21-23-25-27-29-31-38(59)37(55-42(60)32-30-28-26-24-22-19-16-14-12-10-8-6-4-2)36-68-52-48(66)45(63)50(40(34-57)70-52)73-54-49(67)46(64)51(41(35-58)71-54)72-53-47(65)44(62)43(61)39(33-56)69-53/h29,31,37-41,43-54,56-59,61-67H,3-28,30,32-36H2,1-2H3,(H,55,60)/b31-29+. The second-order valence-electron chi connectivity index (χ2n) is 20.8. The average Bonchev–Trinajstić information content (AvgIpc) is 3.39. The number of hydrogen-bond donors (Lipinski definition) is 12. The fourth-order valence-corrected chi connectivity index (χ4v) is 9.84. The zero-order valence-corrected chi connectivity index (χ0v) is 44.4. The van der Waals surface area contributed by atoms with E-state index >= 15 is 0 Å². The molecule has 3 fully saturated rings. The van der Waals surface area contributed by atoms with Gasteiger partial charge in [-0.2, -0.15) is 0 Å². The Bertz CT molecular complexity index is 1400. The van der Waals surface area contributed by atoms with E-state index in [2.05, 4.69) is 19.2 Å². The van der Waals surface area contributed by atoms with Gasteiger partial charge in [-0.05, 0) is 19.3 Å². The molecule has 19 nitrogen and oxygen atoms in total. The van der Waals surface area contributed by atoms with Gasteiger partial charge in [-0.15, -0.1) is 0 Å². The molecule has 0 aromatic rings. The van der Waals surface area contributed by atoms with Gasteiger partial charge in [0.05, 0.1) is 38.6 Å². The van der Waals surface area contributed by atoms with Gasteiger partial charge in [0.1, 0.15) is 73.2 Å². The molecule has 17 atom stereocenters. The number of unbranched alkanes of at least 4 members (excludes halogenated alkanes) is 25. The molecule has 430 valence electrons. The van der Waals surface area contributed by atoms with Gasteiger partial charge in [-0.3, -0.25) is 4.79 Å². The monoisotopic (exact) mass is 1050 g/mol. The van der Waals surface area contributed by atoms with Gasteiger partial charge in [-0.25, -0.2) is 0 Å². The predicted octanol–water partition coefficient (Wildman–Crippen LogP) is 3.82. The molecule has 17 unspecified atom stereocenters. The first-order valence-corrected chi connectivity index (χ1v) is 28.4. The van der Waals surface area contributed by atoms with Gasteiger partial charge in [0.2, 0.25) is 5.91 Å². The number of allylic oxidation sites excluding steroid dienone is 1. The molecule has 12 N–H and O–H groups in total. The molecule has 0 saturated carbocycles. The zero-order valence-electron chi connectivity index (χ0n) is 44.4. The Hall–Kier alpha value is -1.47. The normalized spacial score (nSPS) is 31.8. The van der Waals surface area contributed by atoms with Gasteiger partial charge in [-0.1, -0.05) is 180 Å². The number of hydrogen-bond acceptors (Lipinski definition) is 18. The minimum absolute atomic E-state index is 0.248. The number of carbonyl (C=O) groups excluding carboxylic acids is 1. The Balaban J connectivity index is 1.54. The Kier molecular flexibility index (Phi) is 35.1. The summed E-state index contributed by atoms with van der Waals surface area (Å²) in [5, 5.41) is 120. The van der Waals surface area contributed by atoms with Crippen molar-refractivity contribution in [2.24, 2.45) is 0 Å². The highest BCUT2D eigenvalue weighted by Gasteiger charge is 2.53. The smallest absolute Gasteiger partial charge is 0.220 e. The van der Waals surface area contributed by atoms with Gasteiger partial charge in [0, 0.05) is 6.42 Å². The van der Waals surface area contributed by atoms with E-state index in [1.165, 1.54) is 122 Å². The SMILES string of the molecule is CCCCCCCCCCCCCCC/C=C/C(O)C(COC1OC(CO)C(OC2OC(CO)C(OC3OC(CO)C(O)C(O)C3O)C(O)C2O)C(O)C1O)NC(=O)CCCCCCCCCCCCCCC. The average molecular weight is 1050 g/mol. The number of carbonyl (C=O) groups is 1. The number of aliphatic hydroxyl groups excluding tert-OH is 11. The van der Waals surface area contributed by atoms with E-state index in [0.717, 1.165) is 44.9 Å². The lowest BCUT2D eigenvalue weighted by atomic mass is 9.96. The maximum Gasteiger partial charge on any atom is 0.220 e. The van der Waals surface area contributed by atoms with E-state index in [4.69, 9.17) is 28.4 Å². The molecule has 0 aliphatic carbocycles. The van der Waals surface area contributed by atoms with Crippen molar-refractivity contribution in [2.45, 2.75) is 298 Å². The molecular weight excluding hydrogens is 951 g/mol.